The molecule has 9 heteroatoms. The first-order chi connectivity index (χ1) is 12.7. The second-order valence-electron chi connectivity index (χ2n) is 6.00. The highest BCUT2D eigenvalue weighted by atomic mass is 32.1. The zero-order chi connectivity index (χ0) is 17.9. The molecule has 0 bridgehead atoms. The summed E-state index contributed by atoms with van der Waals surface area (Å²) in [4.78, 5) is 20.8. The standard InChI is InChI=1S/C17H18N6O2S/c1-12-11-14(25-20-12)18-16(24)22-7-9-23(10-8-22)17-19-15(21-26-17)13-5-3-2-4-6-13/h2-6,11H,7-10H2,1H3,(H,18,24). The normalized spacial score (nSPS) is 14.5. The molecule has 8 nitrogen and oxygen atoms in total. The summed E-state index contributed by atoms with van der Waals surface area (Å²) in [5, 5.41) is 7.37. The van der Waals surface area contributed by atoms with E-state index in [9.17, 15) is 4.79 Å². The van der Waals surface area contributed by atoms with Gasteiger partial charge in [0.25, 0.3) is 0 Å². The average molecular weight is 370 g/mol. The summed E-state index contributed by atoms with van der Waals surface area (Å²) in [5.41, 5.74) is 1.74. The van der Waals surface area contributed by atoms with Crippen LogP contribution < -0.4 is 10.2 Å². The van der Waals surface area contributed by atoms with Crippen molar-refractivity contribution in [3.05, 3.63) is 42.1 Å². The number of hydrogen-bond donors (Lipinski definition) is 1. The maximum absolute atomic E-state index is 12.3. The lowest BCUT2D eigenvalue weighted by molar-refractivity contribution is 0.207. The number of piperazine rings is 1. The van der Waals surface area contributed by atoms with Crippen LogP contribution in [0.4, 0.5) is 15.8 Å². The summed E-state index contributed by atoms with van der Waals surface area (Å²) in [5.74, 6) is 1.11. The van der Waals surface area contributed by atoms with Gasteiger partial charge in [-0.3, -0.25) is 5.32 Å². The monoisotopic (exact) mass is 370 g/mol. The Morgan fingerprint density at radius 2 is 1.96 bits per heavy atom. The van der Waals surface area contributed by atoms with Crippen LogP contribution in [0.5, 0.6) is 0 Å². The minimum Gasteiger partial charge on any atom is -0.343 e. The lowest BCUT2D eigenvalue weighted by Gasteiger charge is -2.34. The van der Waals surface area contributed by atoms with E-state index in [0.29, 0.717) is 32.1 Å². The molecule has 3 heterocycles. The average Bonchev–Trinajstić information content (AvgIpc) is 3.32. The number of rotatable bonds is 3. The molecule has 0 saturated carbocycles. The number of aryl methyl sites for hydroxylation is 1. The van der Waals surface area contributed by atoms with Gasteiger partial charge in [-0.05, 0) is 6.92 Å². The van der Waals surface area contributed by atoms with E-state index >= 15 is 0 Å². The molecule has 3 aromatic rings. The Morgan fingerprint density at radius 1 is 1.19 bits per heavy atom. The molecular formula is C17H18N6O2S. The van der Waals surface area contributed by atoms with Crippen molar-refractivity contribution in [1.82, 2.24) is 19.4 Å². The summed E-state index contributed by atoms with van der Waals surface area (Å²) in [6.07, 6.45) is 0. The molecule has 1 N–H and O–H groups in total. The van der Waals surface area contributed by atoms with Gasteiger partial charge in [-0.2, -0.15) is 9.36 Å². The molecule has 1 fully saturated rings. The van der Waals surface area contributed by atoms with E-state index < -0.39 is 0 Å². The summed E-state index contributed by atoms with van der Waals surface area (Å²) in [6, 6.07) is 11.4. The summed E-state index contributed by atoms with van der Waals surface area (Å²) < 4.78 is 9.48. The zero-order valence-corrected chi connectivity index (χ0v) is 15.1. The fourth-order valence-electron chi connectivity index (χ4n) is 2.76. The molecule has 0 radical (unpaired) electrons. The number of amides is 2. The lowest BCUT2D eigenvalue weighted by Crippen LogP contribution is -2.50. The number of carbonyl (C=O) groups is 1. The second-order valence-corrected chi connectivity index (χ2v) is 6.73. The Morgan fingerprint density at radius 3 is 2.65 bits per heavy atom. The largest absolute Gasteiger partial charge is 0.343 e. The van der Waals surface area contributed by atoms with Gasteiger partial charge in [-0.15, -0.1) is 0 Å². The minimum atomic E-state index is -0.178. The van der Waals surface area contributed by atoms with Crippen LogP contribution in [0, 0.1) is 6.92 Å². The Bertz CT molecular complexity index is 886. The Kier molecular flexibility index (Phi) is 4.53. The maximum Gasteiger partial charge on any atom is 0.324 e. The molecule has 1 aromatic carbocycles. The molecule has 4 rings (SSSR count). The minimum absolute atomic E-state index is 0.178. The summed E-state index contributed by atoms with van der Waals surface area (Å²) >= 11 is 1.39. The molecule has 0 spiro atoms. The van der Waals surface area contributed by atoms with Crippen molar-refractivity contribution < 1.29 is 9.32 Å². The van der Waals surface area contributed by atoms with Gasteiger partial charge in [0.2, 0.25) is 11.0 Å². The fraction of sp³-hybridized carbons (Fsp3) is 0.294. The van der Waals surface area contributed by atoms with Crippen molar-refractivity contribution in [2.24, 2.45) is 0 Å². The third-order valence-corrected chi connectivity index (χ3v) is 4.92. The zero-order valence-electron chi connectivity index (χ0n) is 14.3. The van der Waals surface area contributed by atoms with Gasteiger partial charge in [0.05, 0.1) is 5.69 Å². The van der Waals surface area contributed by atoms with Gasteiger partial charge in [0.15, 0.2) is 5.82 Å². The topological polar surface area (TPSA) is 87.4 Å². The third kappa shape index (κ3) is 3.52. The van der Waals surface area contributed by atoms with E-state index in [-0.39, 0.29) is 6.03 Å². The van der Waals surface area contributed by atoms with Crippen molar-refractivity contribution in [2.45, 2.75) is 6.92 Å². The van der Waals surface area contributed by atoms with Crippen molar-refractivity contribution in [2.75, 3.05) is 36.4 Å². The molecule has 0 atom stereocenters. The predicted molar refractivity (Wildman–Crippen MR) is 99.4 cm³/mol. The van der Waals surface area contributed by atoms with Crippen molar-refractivity contribution >= 4 is 28.6 Å². The highest BCUT2D eigenvalue weighted by molar-refractivity contribution is 7.09. The van der Waals surface area contributed by atoms with Crippen LogP contribution in [0.15, 0.2) is 40.9 Å². The molecule has 2 amide bonds. The van der Waals surface area contributed by atoms with Crippen molar-refractivity contribution in [1.29, 1.82) is 0 Å². The molecule has 134 valence electrons. The number of nitrogens with zero attached hydrogens (tertiary/aromatic N) is 5. The van der Waals surface area contributed by atoms with Crippen LogP contribution in [0.1, 0.15) is 5.69 Å². The summed E-state index contributed by atoms with van der Waals surface area (Å²) in [6.45, 7) is 4.46. The first kappa shape index (κ1) is 16.5. The van der Waals surface area contributed by atoms with Crippen molar-refractivity contribution in [3.8, 4) is 11.4 Å². The van der Waals surface area contributed by atoms with Crippen LogP contribution in [-0.2, 0) is 0 Å². The molecule has 26 heavy (non-hydrogen) atoms. The molecule has 1 aliphatic rings. The number of nitrogens with one attached hydrogen (secondary N) is 1. The quantitative estimate of drug-likeness (QED) is 0.763. The maximum atomic E-state index is 12.3. The van der Waals surface area contributed by atoms with Gasteiger partial charge in [-0.25, -0.2) is 4.79 Å². The second kappa shape index (κ2) is 7.12. The first-order valence-corrected chi connectivity index (χ1v) is 9.10. The van der Waals surface area contributed by atoms with E-state index in [1.54, 1.807) is 11.0 Å². The van der Waals surface area contributed by atoms with Crippen LogP contribution in [0.25, 0.3) is 11.4 Å². The SMILES string of the molecule is Cc1cc(NC(=O)N2CCN(c3nc(-c4ccccc4)ns3)CC2)on1. The van der Waals surface area contributed by atoms with Crippen LogP contribution in [0.2, 0.25) is 0 Å². The molecule has 0 aliphatic carbocycles. The lowest BCUT2D eigenvalue weighted by atomic mass is 10.2. The van der Waals surface area contributed by atoms with Gasteiger partial charge < -0.3 is 14.3 Å². The van der Waals surface area contributed by atoms with E-state index in [2.05, 4.69) is 24.7 Å². The summed E-state index contributed by atoms with van der Waals surface area (Å²) in [7, 11) is 0. The van der Waals surface area contributed by atoms with Crippen LogP contribution >= 0.6 is 11.5 Å². The molecule has 0 unspecified atom stereocenters. The Hall–Kier alpha value is -2.94. The van der Waals surface area contributed by atoms with E-state index in [1.165, 1.54) is 11.5 Å². The number of hydrogen-bond acceptors (Lipinski definition) is 7. The molecule has 2 aromatic heterocycles. The molecule has 1 aliphatic heterocycles. The predicted octanol–water partition coefficient (Wildman–Crippen LogP) is 2.86. The first-order valence-electron chi connectivity index (χ1n) is 8.32. The number of aromatic nitrogens is 3. The number of anilines is 2. The van der Waals surface area contributed by atoms with E-state index in [4.69, 9.17) is 4.52 Å². The number of urea groups is 1. The van der Waals surface area contributed by atoms with Crippen molar-refractivity contribution in [3.63, 3.8) is 0 Å². The van der Waals surface area contributed by atoms with Gasteiger partial charge in [-0.1, -0.05) is 35.5 Å². The number of carbonyl (C=O) groups excluding carboxylic acids is 1. The van der Waals surface area contributed by atoms with Crippen LogP contribution in [-0.4, -0.2) is 51.6 Å². The van der Waals surface area contributed by atoms with Gasteiger partial charge in [0.1, 0.15) is 0 Å². The van der Waals surface area contributed by atoms with Gasteiger partial charge in [0, 0.05) is 49.3 Å². The van der Waals surface area contributed by atoms with E-state index in [0.717, 1.165) is 22.2 Å². The van der Waals surface area contributed by atoms with Crippen LogP contribution in [0.3, 0.4) is 0 Å². The third-order valence-electron chi connectivity index (χ3n) is 4.14. The molecule has 1 saturated heterocycles. The van der Waals surface area contributed by atoms with E-state index in [1.807, 2.05) is 37.3 Å². The Labute approximate surface area is 154 Å². The highest BCUT2D eigenvalue weighted by Gasteiger charge is 2.24. The molecular weight excluding hydrogens is 352 g/mol. The number of benzene rings is 1. The van der Waals surface area contributed by atoms with Gasteiger partial charge >= 0.3 is 6.03 Å². The fourth-order valence-corrected chi connectivity index (χ4v) is 3.50. The highest BCUT2D eigenvalue weighted by Crippen LogP contribution is 2.24. The smallest absolute Gasteiger partial charge is 0.324 e. The Balaban J connectivity index is 1.35.